The van der Waals surface area contributed by atoms with Crippen LogP contribution in [0.1, 0.15) is 68.5 Å². The van der Waals surface area contributed by atoms with Crippen LogP contribution in [0.5, 0.6) is 0 Å². The predicted octanol–water partition coefficient (Wildman–Crippen LogP) is 3.54. The number of esters is 2. The number of carbonyl (C=O) groups excluding carboxylic acids is 3. The van der Waals surface area contributed by atoms with Gasteiger partial charge in [0.1, 0.15) is 31.7 Å². The fourth-order valence-corrected chi connectivity index (χ4v) is 6.53. The largest absolute Gasteiger partial charge is 0.463 e. The molecule has 0 aromatic carbocycles. The fourth-order valence-electron chi connectivity index (χ4n) is 4.89. The number of amides is 1. The van der Waals surface area contributed by atoms with Gasteiger partial charge in [0.25, 0.3) is 15.0 Å². The first kappa shape index (κ1) is 39.5. The average molecular weight is 701 g/mol. The summed E-state index contributed by atoms with van der Waals surface area (Å²) in [7, 11) is 0.00114. The SMILES string of the molecule is COP(OC1C(OC(OCCOC(C)=O)OCCOC(C)=O)[C@H](n2cnc3c(NC(=O)C(C)C)ncnc32)O[C@@H]1C)N(C(C)C)C(C)C. The molecule has 1 amide bonds. The Morgan fingerprint density at radius 1 is 0.938 bits per heavy atom. The van der Waals surface area contributed by atoms with Crippen molar-refractivity contribution >= 4 is 43.4 Å². The van der Waals surface area contributed by atoms with E-state index in [1.807, 2.05) is 6.92 Å². The van der Waals surface area contributed by atoms with Crippen molar-refractivity contribution in [1.29, 1.82) is 0 Å². The van der Waals surface area contributed by atoms with Crippen LogP contribution in [0.25, 0.3) is 11.2 Å². The Kier molecular flexibility index (Phi) is 15.5. The lowest BCUT2D eigenvalue weighted by Crippen LogP contribution is -2.42. The smallest absolute Gasteiger partial charge is 0.302 e. The lowest BCUT2D eigenvalue weighted by atomic mass is 10.1. The van der Waals surface area contributed by atoms with Crippen LogP contribution in [0.15, 0.2) is 12.7 Å². The molecule has 5 atom stereocenters. The Morgan fingerprint density at radius 2 is 1.54 bits per heavy atom. The van der Waals surface area contributed by atoms with Gasteiger partial charge in [-0.2, -0.15) is 0 Å². The van der Waals surface area contributed by atoms with E-state index in [9.17, 15) is 14.4 Å². The van der Waals surface area contributed by atoms with Crippen molar-refractivity contribution in [2.75, 3.05) is 38.9 Å². The molecular formula is C30H49N6O11P. The quantitative estimate of drug-likeness (QED) is 0.0971. The summed E-state index contributed by atoms with van der Waals surface area (Å²) in [6, 6.07) is 0.194. The first-order chi connectivity index (χ1) is 22.7. The maximum Gasteiger partial charge on any atom is 0.302 e. The average Bonchev–Trinajstić information content (AvgIpc) is 3.57. The zero-order valence-electron chi connectivity index (χ0n) is 29.3. The highest BCUT2D eigenvalue weighted by molar-refractivity contribution is 7.44. The van der Waals surface area contributed by atoms with Crippen LogP contribution in [0, 0.1) is 5.92 Å². The number of nitrogens with one attached hydrogen (secondary N) is 1. The minimum atomic E-state index is -1.59. The molecule has 1 fully saturated rings. The number of ether oxygens (including phenoxy) is 6. The Morgan fingerprint density at radius 3 is 2.06 bits per heavy atom. The Hall–Kier alpha value is -2.89. The van der Waals surface area contributed by atoms with Gasteiger partial charge in [0.15, 0.2) is 23.2 Å². The maximum absolute atomic E-state index is 12.5. The number of aromatic nitrogens is 4. The zero-order valence-corrected chi connectivity index (χ0v) is 30.2. The summed E-state index contributed by atoms with van der Waals surface area (Å²) in [6.07, 6.45) is -0.206. The van der Waals surface area contributed by atoms with Gasteiger partial charge in [-0.3, -0.25) is 19.0 Å². The van der Waals surface area contributed by atoms with Crippen LogP contribution in [0.4, 0.5) is 5.82 Å². The minimum absolute atomic E-state index is 0.0515. The molecule has 1 aliphatic heterocycles. The molecule has 3 unspecified atom stereocenters. The number of anilines is 1. The number of carbonyl (C=O) groups is 3. The van der Waals surface area contributed by atoms with Gasteiger partial charge in [0.2, 0.25) is 5.91 Å². The van der Waals surface area contributed by atoms with Gasteiger partial charge < -0.3 is 42.8 Å². The molecule has 2 aromatic heterocycles. The van der Waals surface area contributed by atoms with Gasteiger partial charge in [0, 0.05) is 39.0 Å². The van der Waals surface area contributed by atoms with Crippen molar-refractivity contribution < 1.29 is 51.9 Å². The van der Waals surface area contributed by atoms with Gasteiger partial charge in [-0.25, -0.2) is 19.6 Å². The third-order valence-corrected chi connectivity index (χ3v) is 9.03. The molecule has 3 rings (SSSR count). The van der Waals surface area contributed by atoms with Gasteiger partial charge in [-0.05, 0) is 34.6 Å². The third kappa shape index (κ3) is 10.8. The summed E-state index contributed by atoms with van der Waals surface area (Å²) >= 11 is 0. The molecule has 1 saturated heterocycles. The normalized spacial score (nSPS) is 20.4. The van der Waals surface area contributed by atoms with Crippen LogP contribution >= 0.6 is 8.53 Å². The summed E-state index contributed by atoms with van der Waals surface area (Å²) in [6.45, 7) is 14.6. The van der Waals surface area contributed by atoms with E-state index in [2.05, 4.69) is 52.6 Å². The summed E-state index contributed by atoms with van der Waals surface area (Å²) in [5.74, 6) is -1.19. The molecule has 270 valence electrons. The molecule has 1 aliphatic rings. The van der Waals surface area contributed by atoms with Crippen LogP contribution < -0.4 is 5.32 Å². The first-order valence-electron chi connectivity index (χ1n) is 15.8. The van der Waals surface area contributed by atoms with E-state index in [1.165, 1.54) is 26.5 Å². The molecule has 0 bridgehead atoms. The van der Waals surface area contributed by atoms with E-state index >= 15 is 0 Å². The van der Waals surface area contributed by atoms with Gasteiger partial charge in [-0.1, -0.05) is 13.8 Å². The fraction of sp³-hybridized carbons (Fsp3) is 0.733. The van der Waals surface area contributed by atoms with Crippen molar-refractivity contribution in [2.24, 2.45) is 5.92 Å². The van der Waals surface area contributed by atoms with Crippen LogP contribution in [-0.2, 0) is 51.9 Å². The molecule has 0 spiro atoms. The predicted molar refractivity (Wildman–Crippen MR) is 173 cm³/mol. The van der Waals surface area contributed by atoms with E-state index in [0.717, 1.165) is 0 Å². The highest BCUT2D eigenvalue weighted by atomic mass is 31.2. The summed E-state index contributed by atoms with van der Waals surface area (Å²) in [5.41, 5.74) is 0.723. The molecule has 18 heteroatoms. The van der Waals surface area contributed by atoms with Gasteiger partial charge >= 0.3 is 11.9 Å². The second-order valence-corrected chi connectivity index (χ2v) is 13.3. The zero-order chi connectivity index (χ0) is 35.5. The van der Waals surface area contributed by atoms with Gasteiger partial charge in [0.05, 0.1) is 25.6 Å². The standard InChI is InChI=1S/C30H49N6O11P/c1-17(2)28(39)34-26-23-27(32-15-31-26)35(16-33-23)29-25(24(20(7)45-29)47-48(40-10)36(18(3)4)19(5)6)46-30(43-13-11-41-21(8)37)44-14-12-42-22(9)38/h15-20,24-25,29-30H,11-14H2,1-10H3,(H,31,32,34,39)/t20-,24?,25?,29-,48?/m1/s1. The molecule has 2 aromatic rings. The van der Waals surface area contributed by atoms with Crippen molar-refractivity contribution in [1.82, 2.24) is 24.2 Å². The maximum atomic E-state index is 12.5. The van der Waals surface area contributed by atoms with Crippen molar-refractivity contribution in [3.63, 3.8) is 0 Å². The molecule has 0 saturated carbocycles. The lowest BCUT2D eigenvalue weighted by molar-refractivity contribution is -0.320. The Balaban J connectivity index is 2.01. The number of nitrogens with zero attached hydrogens (tertiary/aromatic N) is 5. The highest BCUT2D eigenvalue weighted by Gasteiger charge is 2.49. The Labute approximate surface area is 282 Å². The summed E-state index contributed by atoms with van der Waals surface area (Å²) in [5, 5.41) is 2.80. The van der Waals surface area contributed by atoms with Crippen LogP contribution in [-0.4, -0.2) is 112 Å². The van der Waals surface area contributed by atoms with E-state index in [0.29, 0.717) is 11.2 Å². The molecule has 0 radical (unpaired) electrons. The van der Waals surface area contributed by atoms with E-state index in [1.54, 1.807) is 25.5 Å². The monoisotopic (exact) mass is 700 g/mol. The number of hydrogen-bond acceptors (Lipinski definition) is 15. The second kappa shape index (κ2) is 18.8. The topological polar surface area (TPSA) is 184 Å². The number of hydrogen-bond donors (Lipinski definition) is 1. The Bertz CT molecular complexity index is 1320. The number of rotatable bonds is 19. The van der Waals surface area contributed by atoms with E-state index in [-0.39, 0.29) is 56.2 Å². The van der Waals surface area contributed by atoms with Crippen molar-refractivity contribution in [2.45, 2.75) is 105 Å². The van der Waals surface area contributed by atoms with E-state index < -0.39 is 51.5 Å². The van der Waals surface area contributed by atoms with Gasteiger partial charge in [-0.15, -0.1) is 0 Å². The molecular weight excluding hydrogens is 651 g/mol. The highest BCUT2D eigenvalue weighted by Crippen LogP contribution is 2.50. The third-order valence-electron chi connectivity index (χ3n) is 6.99. The number of imidazole rings is 1. The van der Waals surface area contributed by atoms with Crippen LogP contribution in [0.3, 0.4) is 0 Å². The molecule has 48 heavy (non-hydrogen) atoms. The first-order valence-corrected chi connectivity index (χ1v) is 17.0. The lowest BCUT2D eigenvalue weighted by Gasteiger charge is -2.37. The van der Waals surface area contributed by atoms with Crippen LogP contribution in [0.2, 0.25) is 0 Å². The van der Waals surface area contributed by atoms with E-state index in [4.69, 9.17) is 37.5 Å². The minimum Gasteiger partial charge on any atom is -0.463 e. The molecule has 0 aliphatic carbocycles. The van der Waals surface area contributed by atoms with Crippen molar-refractivity contribution in [3.8, 4) is 0 Å². The number of fused-ring (bicyclic) bond motifs is 1. The molecule has 17 nitrogen and oxygen atoms in total. The second-order valence-electron chi connectivity index (χ2n) is 11.8. The molecule has 1 N–H and O–H groups in total. The summed E-state index contributed by atoms with van der Waals surface area (Å²) < 4.78 is 51.0. The van der Waals surface area contributed by atoms with Crippen molar-refractivity contribution in [3.05, 3.63) is 12.7 Å². The summed E-state index contributed by atoms with van der Waals surface area (Å²) in [4.78, 5) is 48.3. The molecule has 3 heterocycles.